The first kappa shape index (κ1) is 24.3. The molecule has 7 nitrogen and oxygen atoms in total. The molecule has 0 aliphatic carbocycles. The number of likely N-dealkylation sites (tertiary alicyclic amines) is 1. The second kappa shape index (κ2) is 10.2. The zero-order valence-corrected chi connectivity index (χ0v) is 20.4. The van der Waals surface area contributed by atoms with Crippen LogP contribution in [0.2, 0.25) is 0 Å². The minimum atomic E-state index is -0.561. The Morgan fingerprint density at radius 3 is 2.63 bits per heavy atom. The normalized spacial score (nSPS) is 13.7. The highest BCUT2D eigenvalue weighted by Gasteiger charge is 2.27. The third-order valence-electron chi connectivity index (χ3n) is 6.11. The average molecular weight is 478 g/mol. The van der Waals surface area contributed by atoms with Crippen molar-refractivity contribution < 1.29 is 15.3 Å². The highest BCUT2D eigenvalue weighted by molar-refractivity contribution is 6.01. The van der Waals surface area contributed by atoms with Crippen LogP contribution in [-0.2, 0) is 6.42 Å². The van der Waals surface area contributed by atoms with Gasteiger partial charge in [0.15, 0.2) is 0 Å². The zero-order valence-electron chi connectivity index (χ0n) is 20.4. The molecule has 1 amide bonds. The average Bonchev–Trinajstić information content (AvgIpc) is 2.82. The Bertz CT molecular complexity index is 1280. The number of rotatable bonds is 8. The van der Waals surface area contributed by atoms with Crippen molar-refractivity contribution in [2.24, 2.45) is 0 Å². The number of ether oxygens (including phenoxy) is 1. The quantitative estimate of drug-likeness (QED) is 0.399. The smallest absolute Gasteiger partial charge is 0.254 e. The standard InChI is InChI=1S/C27H30FN5O2.H2/c1-5-17-10-18(11-23(28)26(17)27(34)32-19-14-33(4)15-19)24-12-21(8-9-31-24)35-20-6-7-22(16(2)29)25(13-20)30-3;/h6-13,19,29-30H,5,14-15H2,1-4H3,(H,32,34);1H. The Balaban J connectivity index is 0.00000361. The van der Waals surface area contributed by atoms with Gasteiger partial charge in [0.05, 0.1) is 17.3 Å². The molecule has 1 saturated heterocycles. The topological polar surface area (TPSA) is 90.3 Å². The summed E-state index contributed by atoms with van der Waals surface area (Å²) in [6, 6.07) is 12.2. The van der Waals surface area contributed by atoms with Gasteiger partial charge in [0.1, 0.15) is 17.3 Å². The SMILES string of the molecule is CCc1cc(-c2cc(Oc3ccc(C(C)=N)c(NC)c3)ccn2)cc(F)c1C(=O)NC1CN(C)C1.[HH]. The lowest BCUT2D eigenvalue weighted by Crippen LogP contribution is -2.57. The van der Waals surface area contributed by atoms with E-state index in [4.69, 9.17) is 10.1 Å². The van der Waals surface area contributed by atoms with Gasteiger partial charge in [-0.25, -0.2) is 4.39 Å². The van der Waals surface area contributed by atoms with Crippen molar-refractivity contribution in [1.29, 1.82) is 5.41 Å². The van der Waals surface area contributed by atoms with Gasteiger partial charge >= 0.3 is 0 Å². The summed E-state index contributed by atoms with van der Waals surface area (Å²) in [5.41, 5.74) is 3.90. The number of pyridine rings is 1. The highest BCUT2D eigenvalue weighted by atomic mass is 19.1. The molecule has 0 saturated carbocycles. The number of carbonyl (C=O) groups is 1. The van der Waals surface area contributed by atoms with Gasteiger partial charge in [0.25, 0.3) is 5.91 Å². The summed E-state index contributed by atoms with van der Waals surface area (Å²) in [6.45, 7) is 5.17. The van der Waals surface area contributed by atoms with E-state index in [0.717, 1.165) is 24.3 Å². The molecule has 2 aromatic carbocycles. The van der Waals surface area contributed by atoms with E-state index in [9.17, 15) is 4.79 Å². The predicted octanol–water partition coefficient (Wildman–Crippen LogP) is 4.96. The van der Waals surface area contributed by atoms with E-state index in [1.807, 2.05) is 32.2 Å². The molecule has 4 rings (SSSR count). The lowest BCUT2D eigenvalue weighted by Gasteiger charge is -2.36. The molecule has 0 bridgehead atoms. The molecule has 184 valence electrons. The molecule has 0 radical (unpaired) electrons. The van der Waals surface area contributed by atoms with Gasteiger partial charge in [-0.2, -0.15) is 0 Å². The number of aromatic nitrogens is 1. The van der Waals surface area contributed by atoms with Crippen LogP contribution < -0.4 is 15.4 Å². The summed E-state index contributed by atoms with van der Waals surface area (Å²) in [5.74, 6) is 0.211. The fraction of sp³-hybridized carbons (Fsp3) is 0.296. The molecule has 2 heterocycles. The molecule has 0 spiro atoms. The maximum Gasteiger partial charge on any atom is 0.254 e. The van der Waals surface area contributed by atoms with Crippen LogP contribution in [0.4, 0.5) is 10.1 Å². The Morgan fingerprint density at radius 2 is 1.97 bits per heavy atom. The van der Waals surface area contributed by atoms with Gasteiger partial charge in [0.2, 0.25) is 0 Å². The van der Waals surface area contributed by atoms with E-state index in [0.29, 0.717) is 40.5 Å². The fourth-order valence-corrected chi connectivity index (χ4v) is 4.28. The van der Waals surface area contributed by atoms with Gasteiger partial charge in [-0.3, -0.25) is 9.78 Å². The van der Waals surface area contributed by atoms with Crippen LogP contribution >= 0.6 is 0 Å². The van der Waals surface area contributed by atoms with E-state index in [1.54, 1.807) is 38.4 Å². The molecule has 3 aromatic rings. The Morgan fingerprint density at radius 1 is 1.23 bits per heavy atom. The first-order valence-electron chi connectivity index (χ1n) is 11.6. The number of carbonyl (C=O) groups excluding carboxylic acids is 1. The number of benzene rings is 2. The first-order valence-corrected chi connectivity index (χ1v) is 11.6. The van der Waals surface area contributed by atoms with Crippen LogP contribution in [-0.4, -0.2) is 54.7 Å². The zero-order chi connectivity index (χ0) is 25.1. The second-order valence-electron chi connectivity index (χ2n) is 8.80. The number of halogens is 1. The van der Waals surface area contributed by atoms with Gasteiger partial charge in [-0.1, -0.05) is 6.92 Å². The Hall–Kier alpha value is -3.78. The first-order chi connectivity index (χ1) is 16.8. The van der Waals surface area contributed by atoms with Crippen LogP contribution in [0.15, 0.2) is 48.7 Å². The third-order valence-corrected chi connectivity index (χ3v) is 6.11. The van der Waals surface area contributed by atoms with E-state index in [-0.39, 0.29) is 18.9 Å². The molecule has 0 unspecified atom stereocenters. The van der Waals surface area contributed by atoms with Gasteiger partial charge in [-0.15, -0.1) is 0 Å². The Kier molecular flexibility index (Phi) is 7.12. The number of likely N-dealkylation sites (N-methyl/N-ethyl adjacent to an activating group) is 1. The van der Waals surface area contributed by atoms with Crippen LogP contribution in [0, 0.1) is 11.2 Å². The highest BCUT2D eigenvalue weighted by Crippen LogP contribution is 2.31. The van der Waals surface area contributed by atoms with Crippen LogP contribution in [0.5, 0.6) is 11.5 Å². The minimum absolute atomic E-state index is 0. The lowest BCUT2D eigenvalue weighted by molar-refractivity contribution is 0.0853. The number of hydrogen-bond acceptors (Lipinski definition) is 6. The number of anilines is 1. The Labute approximate surface area is 206 Å². The van der Waals surface area contributed by atoms with E-state index >= 15 is 4.39 Å². The molecule has 0 atom stereocenters. The fourth-order valence-electron chi connectivity index (χ4n) is 4.28. The van der Waals surface area contributed by atoms with Crippen molar-refractivity contribution in [2.45, 2.75) is 26.3 Å². The molecule has 1 fully saturated rings. The monoisotopic (exact) mass is 477 g/mol. The van der Waals surface area contributed by atoms with Crippen LogP contribution in [0.1, 0.15) is 36.8 Å². The second-order valence-corrected chi connectivity index (χ2v) is 8.80. The summed E-state index contributed by atoms with van der Waals surface area (Å²) in [4.78, 5) is 19.2. The summed E-state index contributed by atoms with van der Waals surface area (Å²) >= 11 is 0. The van der Waals surface area contributed by atoms with E-state index in [1.165, 1.54) is 6.07 Å². The molecule has 35 heavy (non-hydrogen) atoms. The molecule has 1 aliphatic rings. The predicted molar refractivity (Wildman–Crippen MR) is 138 cm³/mol. The van der Waals surface area contributed by atoms with Crippen molar-refractivity contribution >= 4 is 17.3 Å². The summed E-state index contributed by atoms with van der Waals surface area (Å²) in [5, 5.41) is 13.9. The minimum Gasteiger partial charge on any atom is -0.457 e. The number of aryl methyl sites for hydroxylation is 1. The van der Waals surface area contributed by atoms with Crippen LogP contribution in [0.25, 0.3) is 11.3 Å². The lowest BCUT2D eigenvalue weighted by atomic mass is 9.98. The molecule has 3 N–H and O–H groups in total. The van der Waals surface area contributed by atoms with Crippen molar-refractivity contribution in [3.63, 3.8) is 0 Å². The van der Waals surface area contributed by atoms with Crippen molar-refractivity contribution in [3.05, 3.63) is 71.2 Å². The largest absolute Gasteiger partial charge is 0.457 e. The van der Waals surface area contributed by atoms with Gasteiger partial charge < -0.3 is 25.7 Å². The molecular formula is C27H32FN5O2. The van der Waals surface area contributed by atoms with Gasteiger partial charge in [0, 0.05) is 62.4 Å². The molecule has 1 aromatic heterocycles. The van der Waals surface area contributed by atoms with Gasteiger partial charge in [-0.05, 0) is 56.3 Å². The number of nitrogens with one attached hydrogen (secondary N) is 3. The summed E-state index contributed by atoms with van der Waals surface area (Å²) in [6.07, 6.45) is 2.12. The van der Waals surface area contributed by atoms with Crippen molar-refractivity contribution in [3.8, 4) is 22.8 Å². The number of nitrogens with zero attached hydrogens (tertiary/aromatic N) is 2. The van der Waals surface area contributed by atoms with E-state index in [2.05, 4.69) is 20.5 Å². The maximum absolute atomic E-state index is 15.2. The van der Waals surface area contributed by atoms with Crippen molar-refractivity contribution in [2.75, 3.05) is 32.5 Å². The summed E-state index contributed by atoms with van der Waals surface area (Å²) in [7, 11) is 3.77. The molecule has 8 heteroatoms. The molecule has 1 aliphatic heterocycles. The number of amides is 1. The maximum atomic E-state index is 15.2. The third kappa shape index (κ3) is 5.33. The number of hydrogen-bond donors (Lipinski definition) is 3. The molecular weight excluding hydrogens is 445 g/mol. The van der Waals surface area contributed by atoms with Crippen LogP contribution in [0.3, 0.4) is 0 Å². The van der Waals surface area contributed by atoms with Crippen molar-refractivity contribution in [1.82, 2.24) is 15.2 Å². The summed E-state index contributed by atoms with van der Waals surface area (Å²) < 4.78 is 21.2. The van der Waals surface area contributed by atoms with E-state index < -0.39 is 5.82 Å².